The van der Waals surface area contributed by atoms with Crippen molar-refractivity contribution >= 4 is 17.8 Å². The highest BCUT2D eigenvalue weighted by Gasteiger charge is 2.57. The van der Waals surface area contributed by atoms with Gasteiger partial charge in [0.05, 0.1) is 6.61 Å². The molecule has 2 rings (SSSR count). The molecule has 1 heterocycles. The second kappa shape index (κ2) is 11.0. The average Bonchev–Trinajstić information content (AvgIpc) is 3.43. The van der Waals surface area contributed by atoms with Gasteiger partial charge in [0.25, 0.3) is 0 Å². The highest BCUT2D eigenvalue weighted by atomic mass is 16.5. The van der Waals surface area contributed by atoms with E-state index in [0.29, 0.717) is 25.4 Å². The zero-order valence-corrected chi connectivity index (χ0v) is 17.8. The molecule has 0 saturated carbocycles. The molecule has 1 saturated heterocycles. The monoisotopic (exact) mass is 403 g/mol. The van der Waals surface area contributed by atoms with Gasteiger partial charge in [-0.15, -0.1) is 0 Å². The van der Waals surface area contributed by atoms with E-state index >= 15 is 0 Å². The van der Waals surface area contributed by atoms with Crippen molar-refractivity contribution in [3.05, 3.63) is 35.9 Å². The molecule has 1 fully saturated rings. The number of rotatable bonds is 11. The zero-order valence-electron chi connectivity index (χ0n) is 17.8. The number of carbonyl (C=O) groups is 3. The molecule has 2 N–H and O–H groups in total. The van der Waals surface area contributed by atoms with Crippen LogP contribution in [0.25, 0.3) is 0 Å². The lowest BCUT2D eigenvalue weighted by Gasteiger charge is -2.19. The number of nitrogens with zero attached hydrogens (tertiary/aromatic N) is 1. The molecule has 7 heteroatoms. The van der Waals surface area contributed by atoms with Gasteiger partial charge < -0.3 is 15.4 Å². The number of nitrogens with one attached hydrogen (secondary N) is 2. The van der Waals surface area contributed by atoms with Gasteiger partial charge in [-0.2, -0.15) is 0 Å². The Morgan fingerprint density at radius 1 is 1.10 bits per heavy atom. The van der Waals surface area contributed by atoms with Crippen molar-refractivity contribution in [2.75, 3.05) is 19.7 Å². The third kappa shape index (κ3) is 6.56. The van der Waals surface area contributed by atoms with E-state index in [2.05, 4.69) is 24.5 Å². The summed E-state index contributed by atoms with van der Waals surface area (Å²) in [6.45, 7) is 9.21. The first-order valence-electron chi connectivity index (χ1n) is 10.4. The Morgan fingerprint density at radius 2 is 1.79 bits per heavy atom. The topological polar surface area (TPSA) is 87.5 Å². The van der Waals surface area contributed by atoms with Crippen molar-refractivity contribution in [1.82, 2.24) is 15.5 Å². The van der Waals surface area contributed by atoms with E-state index in [1.54, 1.807) is 11.8 Å². The normalized spacial score (nSPS) is 21.3. The third-order valence-electron chi connectivity index (χ3n) is 5.02. The summed E-state index contributed by atoms with van der Waals surface area (Å²) in [6.07, 6.45) is 1.26. The van der Waals surface area contributed by atoms with E-state index in [0.717, 1.165) is 12.0 Å². The van der Waals surface area contributed by atoms with Gasteiger partial charge in [-0.25, -0.2) is 0 Å². The standard InChI is InChI=1S/C22H33N3O4/c1-5-25-18(19(25)22(28)29-6-2)21(27)24-17(14-16-10-8-7-9-11-16)20(26)23-13-12-15(3)4/h7-11,15,17-19H,5-6,12-14H2,1-4H3,(H,23,26)(H,24,27)/t17-,18-,19-,25?/m0/s1. The first kappa shape index (κ1) is 22.9. The Hall–Kier alpha value is -2.41. The van der Waals surface area contributed by atoms with Crippen molar-refractivity contribution in [1.29, 1.82) is 0 Å². The van der Waals surface area contributed by atoms with E-state index in [4.69, 9.17) is 4.74 Å². The van der Waals surface area contributed by atoms with Crippen LogP contribution in [-0.4, -0.2) is 60.5 Å². The molecule has 0 aromatic heterocycles. The maximum absolute atomic E-state index is 12.8. The van der Waals surface area contributed by atoms with Crippen LogP contribution in [0, 0.1) is 5.92 Å². The summed E-state index contributed by atoms with van der Waals surface area (Å²) in [4.78, 5) is 39.4. The molecule has 1 aliphatic heterocycles. The summed E-state index contributed by atoms with van der Waals surface area (Å²) in [6, 6.07) is 7.73. The van der Waals surface area contributed by atoms with Crippen LogP contribution in [0.15, 0.2) is 30.3 Å². The quantitative estimate of drug-likeness (QED) is 0.432. The van der Waals surface area contributed by atoms with Crippen molar-refractivity contribution in [3.8, 4) is 0 Å². The smallest absolute Gasteiger partial charge is 0.325 e. The number of esters is 1. The highest BCUT2D eigenvalue weighted by molar-refractivity contribution is 5.97. The maximum Gasteiger partial charge on any atom is 0.325 e. The molecule has 29 heavy (non-hydrogen) atoms. The summed E-state index contributed by atoms with van der Waals surface area (Å²) in [7, 11) is 0. The van der Waals surface area contributed by atoms with Gasteiger partial charge in [0.2, 0.25) is 11.8 Å². The fourth-order valence-electron chi connectivity index (χ4n) is 3.38. The largest absolute Gasteiger partial charge is 0.465 e. The van der Waals surface area contributed by atoms with Crippen LogP contribution in [-0.2, 0) is 25.5 Å². The van der Waals surface area contributed by atoms with Crippen LogP contribution in [0.3, 0.4) is 0 Å². The molecule has 0 aliphatic carbocycles. The van der Waals surface area contributed by atoms with Crippen LogP contribution in [0.4, 0.5) is 0 Å². The predicted molar refractivity (Wildman–Crippen MR) is 111 cm³/mol. The Kier molecular flexibility index (Phi) is 8.64. The lowest BCUT2D eigenvalue weighted by molar-refractivity contribution is -0.143. The summed E-state index contributed by atoms with van der Waals surface area (Å²) in [5, 5.41) is 5.78. The maximum atomic E-state index is 12.8. The van der Waals surface area contributed by atoms with Gasteiger partial charge in [0, 0.05) is 13.0 Å². The minimum atomic E-state index is -0.695. The van der Waals surface area contributed by atoms with Gasteiger partial charge in [-0.1, -0.05) is 51.1 Å². The Labute approximate surface area is 173 Å². The van der Waals surface area contributed by atoms with Gasteiger partial charge >= 0.3 is 5.97 Å². The molecule has 7 nitrogen and oxygen atoms in total. The molecule has 160 valence electrons. The van der Waals surface area contributed by atoms with E-state index in [-0.39, 0.29) is 18.4 Å². The summed E-state index contributed by atoms with van der Waals surface area (Å²) < 4.78 is 5.06. The van der Waals surface area contributed by atoms with Crippen molar-refractivity contribution in [3.63, 3.8) is 0 Å². The minimum Gasteiger partial charge on any atom is -0.465 e. The van der Waals surface area contributed by atoms with Crippen LogP contribution in [0.1, 0.15) is 39.7 Å². The minimum absolute atomic E-state index is 0.209. The second-order valence-electron chi connectivity index (χ2n) is 7.70. The Bertz CT molecular complexity index is 693. The van der Waals surface area contributed by atoms with E-state index in [1.165, 1.54) is 0 Å². The molecule has 1 unspecified atom stereocenters. The number of ether oxygens (including phenoxy) is 1. The van der Waals surface area contributed by atoms with E-state index in [9.17, 15) is 14.4 Å². The first-order valence-corrected chi connectivity index (χ1v) is 10.4. The third-order valence-corrected chi connectivity index (χ3v) is 5.02. The zero-order chi connectivity index (χ0) is 21.4. The molecular weight excluding hydrogens is 370 g/mol. The van der Waals surface area contributed by atoms with Crippen LogP contribution in [0.2, 0.25) is 0 Å². The second-order valence-corrected chi connectivity index (χ2v) is 7.70. The van der Waals surface area contributed by atoms with Gasteiger partial charge in [-0.05, 0) is 31.4 Å². The van der Waals surface area contributed by atoms with Crippen LogP contribution >= 0.6 is 0 Å². The van der Waals surface area contributed by atoms with Crippen LogP contribution in [0.5, 0.6) is 0 Å². The number of benzene rings is 1. The number of carbonyl (C=O) groups excluding carboxylic acids is 3. The molecule has 1 aromatic carbocycles. The fraction of sp³-hybridized carbons (Fsp3) is 0.591. The fourth-order valence-corrected chi connectivity index (χ4v) is 3.38. The Balaban J connectivity index is 2.04. The van der Waals surface area contributed by atoms with Gasteiger partial charge in [0.15, 0.2) is 0 Å². The van der Waals surface area contributed by atoms with Crippen molar-refractivity contribution in [2.45, 2.75) is 58.7 Å². The lowest BCUT2D eigenvalue weighted by atomic mass is 10.0. The van der Waals surface area contributed by atoms with Gasteiger partial charge in [-0.3, -0.25) is 19.3 Å². The van der Waals surface area contributed by atoms with Gasteiger partial charge in [0.1, 0.15) is 18.1 Å². The molecular formula is C22H33N3O4. The summed E-state index contributed by atoms with van der Waals surface area (Å²) in [5.74, 6) is -0.438. The molecule has 2 amide bonds. The molecule has 1 aliphatic rings. The summed E-state index contributed by atoms with van der Waals surface area (Å²) in [5.41, 5.74) is 0.960. The first-order chi connectivity index (χ1) is 13.9. The molecule has 0 spiro atoms. The molecule has 0 radical (unpaired) electrons. The number of amides is 2. The van der Waals surface area contributed by atoms with E-state index in [1.807, 2.05) is 37.3 Å². The average molecular weight is 404 g/mol. The Morgan fingerprint density at radius 3 is 2.38 bits per heavy atom. The van der Waals surface area contributed by atoms with Crippen LogP contribution < -0.4 is 10.6 Å². The van der Waals surface area contributed by atoms with E-state index < -0.39 is 24.1 Å². The summed E-state index contributed by atoms with van der Waals surface area (Å²) >= 11 is 0. The predicted octanol–water partition coefficient (Wildman–Crippen LogP) is 1.51. The van der Waals surface area contributed by atoms with Crippen molar-refractivity contribution < 1.29 is 19.1 Å². The SMILES string of the molecule is CCOC(=O)[C@@H]1[C@@H](C(=O)N[C@@H](Cc2ccccc2)C(=O)NCCC(C)C)N1CC. The number of likely N-dealkylation sites (N-methyl/N-ethyl adjacent to an activating group) is 1. The van der Waals surface area contributed by atoms with Crippen molar-refractivity contribution in [2.24, 2.45) is 5.92 Å². The molecule has 4 atom stereocenters. The molecule has 1 aromatic rings. The lowest BCUT2D eigenvalue weighted by Crippen LogP contribution is -2.50. The number of hydrogen-bond acceptors (Lipinski definition) is 5. The molecule has 0 bridgehead atoms. The number of hydrogen-bond donors (Lipinski definition) is 2. The highest BCUT2D eigenvalue weighted by Crippen LogP contribution is 2.29.